The van der Waals surface area contributed by atoms with E-state index < -0.39 is 0 Å². The first kappa shape index (κ1) is 13.8. The zero-order valence-electron chi connectivity index (χ0n) is 10.7. The third-order valence-electron chi connectivity index (χ3n) is 2.85. The molecule has 0 unspecified atom stereocenters. The third kappa shape index (κ3) is 6.14. The summed E-state index contributed by atoms with van der Waals surface area (Å²) >= 11 is 0. The highest BCUT2D eigenvalue weighted by Gasteiger charge is 2.15. The summed E-state index contributed by atoms with van der Waals surface area (Å²) in [6.07, 6.45) is 6.09. The van der Waals surface area contributed by atoms with Crippen LogP contribution in [0.2, 0.25) is 0 Å². The molecule has 0 aromatic heterocycles. The van der Waals surface area contributed by atoms with Crippen molar-refractivity contribution in [1.29, 1.82) is 0 Å². The van der Waals surface area contributed by atoms with Crippen LogP contribution in [0, 0.1) is 5.92 Å². The maximum absolute atomic E-state index is 11.5. The lowest BCUT2D eigenvalue weighted by Crippen LogP contribution is -2.50. The van der Waals surface area contributed by atoms with E-state index in [1.54, 1.807) is 0 Å². The molecule has 1 rings (SSSR count). The van der Waals surface area contributed by atoms with Crippen LogP contribution in [0.25, 0.3) is 0 Å². The fourth-order valence-electron chi connectivity index (χ4n) is 2.02. The minimum Gasteiger partial charge on any atom is -0.334 e. The van der Waals surface area contributed by atoms with Crippen LogP contribution in [0.5, 0.6) is 0 Å². The summed E-state index contributed by atoms with van der Waals surface area (Å²) in [6, 6.07) is -0.0558. The molecular weight excluding hydrogens is 218 g/mol. The summed E-state index contributed by atoms with van der Waals surface area (Å²) in [4.78, 5) is 22.8. The molecule has 0 bridgehead atoms. The van der Waals surface area contributed by atoms with Crippen molar-refractivity contribution in [2.75, 3.05) is 0 Å². The number of rotatable bonds is 3. The highest BCUT2D eigenvalue weighted by molar-refractivity contribution is 5.81. The van der Waals surface area contributed by atoms with E-state index in [1.807, 2.05) is 13.8 Å². The van der Waals surface area contributed by atoms with E-state index in [0.29, 0.717) is 12.3 Å². The molecule has 0 heterocycles. The third-order valence-corrected chi connectivity index (χ3v) is 2.85. The van der Waals surface area contributed by atoms with Crippen LogP contribution in [0.4, 0.5) is 4.79 Å². The molecule has 0 aromatic rings. The SMILES string of the molecule is CC(C)CC(=O)NNC(=O)NC1CCCCC1. The first-order valence-corrected chi connectivity index (χ1v) is 6.43. The molecule has 3 amide bonds. The van der Waals surface area contributed by atoms with Gasteiger partial charge in [0.05, 0.1) is 0 Å². The number of nitrogens with one attached hydrogen (secondary N) is 3. The van der Waals surface area contributed by atoms with Crippen molar-refractivity contribution in [3.8, 4) is 0 Å². The van der Waals surface area contributed by atoms with Gasteiger partial charge in [-0.25, -0.2) is 10.2 Å². The second-order valence-electron chi connectivity index (χ2n) is 5.08. The summed E-state index contributed by atoms with van der Waals surface area (Å²) in [6.45, 7) is 3.92. The lowest BCUT2D eigenvalue weighted by atomic mass is 9.96. The molecule has 17 heavy (non-hydrogen) atoms. The van der Waals surface area contributed by atoms with Gasteiger partial charge in [0.15, 0.2) is 0 Å². The second kappa shape index (κ2) is 7.14. The van der Waals surface area contributed by atoms with Crippen molar-refractivity contribution in [3.05, 3.63) is 0 Å². The Balaban J connectivity index is 2.14. The summed E-state index contributed by atoms with van der Waals surface area (Å²) < 4.78 is 0. The molecular formula is C12H23N3O2. The zero-order valence-corrected chi connectivity index (χ0v) is 10.7. The van der Waals surface area contributed by atoms with Crippen molar-refractivity contribution in [2.45, 2.75) is 58.4 Å². The van der Waals surface area contributed by atoms with Crippen LogP contribution in [0.3, 0.4) is 0 Å². The van der Waals surface area contributed by atoms with Crippen molar-refractivity contribution in [2.24, 2.45) is 5.92 Å². The Labute approximate surface area is 103 Å². The second-order valence-corrected chi connectivity index (χ2v) is 5.08. The number of hydrazine groups is 1. The maximum atomic E-state index is 11.5. The largest absolute Gasteiger partial charge is 0.334 e. The smallest absolute Gasteiger partial charge is 0.333 e. The number of carbonyl (C=O) groups is 2. The lowest BCUT2D eigenvalue weighted by Gasteiger charge is -2.22. The molecule has 0 atom stereocenters. The Hall–Kier alpha value is -1.26. The molecule has 0 aliphatic heterocycles. The fraction of sp³-hybridized carbons (Fsp3) is 0.833. The van der Waals surface area contributed by atoms with E-state index in [2.05, 4.69) is 16.2 Å². The molecule has 0 aromatic carbocycles. The average Bonchev–Trinajstić information content (AvgIpc) is 2.27. The molecule has 0 spiro atoms. The predicted octanol–water partition coefficient (Wildman–Crippen LogP) is 1.70. The van der Waals surface area contributed by atoms with Gasteiger partial charge in [-0.3, -0.25) is 10.2 Å². The van der Waals surface area contributed by atoms with Gasteiger partial charge in [0, 0.05) is 12.5 Å². The van der Waals surface area contributed by atoms with Gasteiger partial charge < -0.3 is 5.32 Å². The Kier molecular flexibility index (Phi) is 5.80. The summed E-state index contributed by atoms with van der Waals surface area (Å²) in [5.74, 6) is 0.136. The van der Waals surface area contributed by atoms with Gasteiger partial charge in [0.25, 0.3) is 0 Å². The summed E-state index contributed by atoms with van der Waals surface area (Å²) in [5.41, 5.74) is 4.79. The Bertz CT molecular complexity index is 260. The maximum Gasteiger partial charge on any atom is 0.333 e. The quantitative estimate of drug-likeness (QED) is 0.658. The Morgan fingerprint density at radius 1 is 1.12 bits per heavy atom. The van der Waals surface area contributed by atoms with Crippen molar-refractivity contribution in [3.63, 3.8) is 0 Å². The molecule has 5 nitrogen and oxygen atoms in total. The van der Waals surface area contributed by atoms with Crippen LogP contribution in [-0.2, 0) is 4.79 Å². The predicted molar refractivity (Wildman–Crippen MR) is 66.1 cm³/mol. The van der Waals surface area contributed by atoms with Gasteiger partial charge in [-0.15, -0.1) is 0 Å². The van der Waals surface area contributed by atoms with Gasteiger partial charge in [0.1, 0.15) is 0 Å². The van der Waals surface area contributed by atoms with Crippen molar-refractivity contribution >= 4 is 11.9 Å². The highest BCUT2D eigenvalue weighted by Crippen LogP contribution is 2.16. The number of hydrogen-bond acceptors (Lipinski definition) is 2. The van der Waals surface area contributed by atoms with Gasteiger partial charge in [-0.2, -0.15) is 0 Å². The van der Waals surface area contributed by atoms with E-state index >= 15 is 0 Å². The minimum atomic E-state index is -0.311. The van der Waals surface area contributed by atoms with Crippen molar-refractivity contribution in [1.82, 2.24) is 16.2 Å². The molecule has 5 heteroatoms. The molecule has 1 aliphatic rings. The number of hydrogen-bond donors (Lipinski definition) is 3. The van der Waals surface area contributed by atoms with Gasteiger partial charge in [-0.1, -0.05) is 33.1 Å². The lowest BCUT2D eigenvalue weighted by molar-refractivity contribution is -0.122. The molecule has 98 valence electrons. The number of amides is 3. The zero-order chi connectivity index (χ0) is 12.7. The molecule has 0 radical (unpaired) electrons. The number of carbonyl (C=O) groups excluding carboxylic acids is 2. The van der Waals surface area contributed by atoms with Gasteiger partial charge in [0.2, 0.25) is 5.91 Å². The Morgan fingerprint density at radius 2 is 1.76 bits per heavy atom. The molecule has 1 aliphatic carbocycles. The van der Waals surface area contributed by atoms with E-state index in [1.165, 1.54) is 19.3 Å². The van der Waals surface area contributed by atoms with Crippen LogP contribution < -0.4 is 16.2 Å². The summed E-state index contributed by atoms with van der Waals surface area (Å²) in [5, 5.41) is 2.86. The van der Waals surface area contributed by atoms with Crippen LogP contribution >= 0.6 is 0 Å². The summed E-state index contributed by atoms with van der Waals surface area (Å²) in [7, 11) is 0. The molecule has 0 saturated heterocycles. The normalized spacial score (nSPS) is 16.6. The monoisotopic (exact) mass is 241 g/mol. The molecule has 1 fully saturated rings. The van der Waals surface area contributed by atoms with Crippen LogP contribution in [-0.4, -0.2) is 18.0 Å². The van der Waals surface area contributed by atoms with Crippen molar-refractivity contribution < 1.29 is 9.59 Å². The van der Waals surface area contributed by atoms with E-state index in [0.717, 1.165) is 12.8 Å². The highest BCUT2D eigenvalue weighted by atomic mass is 16.2. The first-order chi connectivity index (χ1) is 8.08. The fourth-order valence-corrected chi connectivity index (χ4v) is 2.02. The van der Waals surface area contributed by atoms with Gasteiger partial charge >= 0.3 is 6.03 Å². The van der Waals surface area contributed by atoms with Crippen LogP contribution in [0.1, 0.15) is 52.4 Å². The van der Waals surface area contributed by atoms with Crippen LogP contribution in [0.15, 0.2) is 0 Å². The standard InChI is InChI=1S/C12H23N3O2/c1-9(2)8-11(16)14-15-12(17)13-10-6-4-3-5-7-10/h9-10H,3-8H2,1-2H3,(H,14,16)(H2,13,15,17). The first-order valence-electron chi connectivity index (χ1n) is 6.43. The minimum absolute atomic E-state index is 0.154. The average molecular weight is 241 g/mol. The van der Waals surface area contributed by atoms with Gasteiger partial charge in [-0.05, 0) is 18.8 Å². The van der Waals surface area contributed by atoms with E-state index in [9.17, 15) is 9.59 Å². The van der Waals surface area contributed by atoms with E-state index in [4.69, 9.17) is 0 Å². The van der Waals surface area contributed by atoms with E-state index in [-0.39, 0.29) is 18.0 Å². The Morgan fingerprint density at radius 3 is 2.35 bits per heavy atom. The molecule has 1 saturated carbocycles. The molecule has 3 N–H and O–H groups in total. The number of urea groups is 1. The topological polar surface area (TPSA) is 70.2 Å².